The summed E-state index contributed by atoms with van der Waals surface area (Å²) >= 11 is 5.86. The van der Waals surface area contributed by atoms with Crippen LogP contribution in [-0.2, 0) is 11.3 Å². The lowest BCUT2D eigenvalue weighted by molar-refractivity contribution is -0.131. The average molecular weight is 267 g/mol. The van der Waals surface area contributed by atoms with Gasteiger partial charge in [-0.3, -0.25) is 4.79 Å². The van der Waals surface area contributed by atoms with Gasteiger partial charge in [0.2, 0.25) is 5.91 Å². The minimum atomic E-state index is 0.189. The molecule has 0 aliphatic heterocycles. The Morgan fingerprint density at radius 3 is 2.61 bits per heavy atom. The molecule has 4 heteroatoms. The Labute approximate surface area is 113 Å². The lowest BCUT2D eigenvalue weighted by Crippen LogP contribution is -2.39. The molecule has 1 aliphatic rings. The zero-order valence-electron chi connectivity index (χ0n) is 10.7. The number of nitrogens with zero attached hydrogens (tertiary/aromatic N) is 1. The van der Waals surface area contributed by atoms with E-state index >= 15 is 0 Å². The summed E-state index contributed by atoms with van der Waals surface area (Å²) in [5.74, 6) is 0.189. The molecule has 0 atom stereocenters. The molecule has 98 valence electrons. The smallest absolute Gasteiger partial charge is 0.237 e. The van der Waals surface area contributed by atoms with Crippen LogP contribution in [0.4, 0.5) is 0 Å². The Balaban J connectivity index is 1.97. The van der Waals surface area contributed by atoms with Crippen LogP contribution < -0.4 is 5.32 Å². The highest BCUT2D eigenvalue weighted by Gasteiger charge is 2.32. The van der Waals surface area contributed by atoms with Crippen LogP contribution >= 0.6 is 11.6 Å². The van der Waals surface area contributed by atoms with Crippen molar-refractivity contribution in [2.24, 2.45) is 0 Å². The van der Waals surface area contributed by atoms with Crippen LogP contribution in [-0.4, -0.2) is 29.9 Å². The highest BCUT2D eigenvalue weighted by atomic mass is 35.5. The third-order valence-electron chi connectivity index (χ3n) is 3.10. The van der Waals surface area contributed by atoms with Gasteiger partial charge in [0.1, 0.15) is 0 Å². The molecule has 0 radical (unpaired) electrons. The van der Waals surface area contributed by atoms with Crippen molar-refractivity contribution in [3.63, 3.8) is 0 Å². The quantitative estimate of drug-likeness (QED) is 0.858. The van der Waals surface area contributed by atoms with Crippen molar-refractivity contribution in [2.75, 3.05) is 13.1 Å². The summed E-state index contributed by atoms with van der Waals surface area (Å²) in [6, 6.07) is 8.15. The molecule has 1 aromatic rings. The van der Waals surface area contributed by atoms with Crippen molar-refractivity contribution in [1.29, 1.82) is 0 Å². The molecule has 1 amide bonds. The Morgan fingerprint density at radius 2 is 2.06 bits per heavy atom. The fourth-order valence-corrected chi connectivity index (χ4v) is 2.05. The second-order valence-electron chi connectivity index (χ2n) is 4.66. The zero-order valence-corrected chi connectivity index (χ0v) is 11.4. The molecule has 1 aromatic carbocycles. The summed E-state index contributed by atoms with van der Waals surface area (Å²) in [5.41, 5.74) is 1.14. The molecule has 3 nitrogen and oxygen atoms in total. The molecule has 1 aliphatic carbocycles. The number of benzene rings is 1. The second kappa shape index (κ2) is 6.21. The Morgan fingerprint density at radius 1 is 1.39 bits per heavy atom. The molecule has 0 spiro atoms. The van der Waals surface area contributed by atoms with E-state index in [1.807, 2.05) is 36.1 Å². The van der Waals surface area contributed by atoms with Gasteiger partial charge in [-0.2, -0.15) is 0 Å². The third-order valence-corrected chi connectivity index (χ3v) is 3.35. The molecule has 0 saturated heterocycles. The number of halogens is 1. The van der Waals surface area contributed by atoms with E-state index in [4.69, 9.17) is 11.6 Å². The number of amides is 1. The highest BCUT2D eigenvalue weighted by Crippen LogP contribution is 2.28. The van der Waals surface area contributed by atoms with Gasteiger partial charge in [0.25, 0.3) is 0 Å². The van der Waals surface area contributed by atoms with E-state index in [9.17, 15) is 4.79 Å². The number of rotatable bonds is 6. The number of carbonyl (C=O) groups excluding carboxylic acids is 1. The monoisotopic (exact) mass is 266 g/mol. The number of hydrogen-bond donors (Lipinski definition) is 1. The van der Waals surface area contributed by atoms with Gasteiger partial charge in [-0.25, -0.2) is 0 Å². The van der Waals surface area contributed by atoms with Gasteiger partial charge in [0, 0.05) is 17.6 Å². The van der Waals surface area contributed by atoms with Gasteiger partial charge in [-0.1, -0.05) is 30.7 Å². The molecule has 18 heavy (non-hydrogen) atoms. The molecule has 1 fully saturated rings. The predicted molar refractivity (Wildman–Crippen MR) is 73.6 cm³/mol. The number of hydrogen-bond acceptors (Lipinski definition) is 2. The Bertz CT molecular complexity index is 401. The first kappa shape index (κ1) is 13.4. The highest BCUT2D eigenvalue weighted by molar-refractivity contribution is 6.30. The lowest BCUT2D eigenvalue weighted by Gasteiger charge is -2.22. The van der Waals surface area contributed by atoms with Crippen LogP contribution in [0.2, 0.25) is 5.02 Å². The van der Waals surface area contributed by atoms with Gasteiger partial charge >= 0.3 is 0 Å². The maximum atomic E-state index is 12.1. The molecule has 2 rings (SSSR count). The maximum absolute atomic E-state index is 12.1. The third kappa shape index (κ3) is 3.72. The molecule has 1 N–H and O–H groups in total. The molecule has 0 heterocycles. The normalized spacial score (nSPS) is 14.6. The van der Waals surface area contributed by atoms with E-state index in [1.165, 1.54) is 0 Å². The fraction of sp³-hybridized carbons (Fsp3) is 0.500. The fourth-order valence-electron chi connectivity index (χ4n) is 1.93. The number of carbonyl (C=O) groups is 1. The molecular formula is C14H19ClN2O. The van der Waals surface area contributed by atoms with Gasteiger partial charge in [0.05, 0.1) is 6.54 Å². The van der Waals surface area contributed by atoms with Crippen LogP contribution in [0.3, 0.4) is 0 Å². The SMILES string of the molecule is CCNCC(=O)N(Cc1ccc(Cl)cc1)C1CC1. The van der Waals surface area contributed by atoms with Gasteiger partial charge in [0.15, 0.2) is 0 Å². The molecule has 0 unspecified atom stereocenters. The summed E-state index contributed by atoms with van der Waals surface area (Å²) in [7, 11) is 0. The molecule has 1 saturated carbocycles. The Kier molecular flexibility index (Phi) is 4.61. The van der Waals surface area contributed by atoms with E-state index in [2.05, 4.69) is 5.32 Å². The Hall–Kier alpha value is -1.06. The van der Waals surface area contributed by atoms with E-state index < -0.39 is 0 Å². The van der Waals surface area contributed by atoms with E-state index in [-0.39, 0.29) is 5.91 Å². The minimum Gasteiger partial charge on any atom is -0.334 e. The van der Waals surface area contributed by atoms with Gasteiger partial charge in [-0.15, -0.1) is 0 Å². The van der Waals surface area contributed by atoms with Crippen LogP contribution in [0.25, 0.3) is 0 Å². The first-order valence-corrected chi connectivity index (χ1v) is 6.83. The maximum Gasteiger partial charge on any atom is 0.237 e. The van der Waals surface area contributed by atoms with Crippen molar-refractivity contribution in [1.82, 2.24) is 10.2 Å². The van der Waals surface area contributed by atoms with Crippen molar-refractivity contribution in [2.45, 2.75) is 32.4 Å². The summed E-state index contributed by atoms with van der Waals surface area (Å²) < 4.78 is 0. The van der Waals surface area contributed by atoms with Gasteiger partial charge < -0.3 is 10.2 Å². The zero-order chi connectivity index (χ0) is 13.0. The molecule has 0 aromatic heterocycles. The van der Waals surface area contributed by atoms with Crippen LogP contribution in [0.5, 0.6) is 0 Å². The summed E-state index contributed by atoms with van der Waals surface area (Å²) in [4.78, 5) is 14.1. The molecule has 0 bridgehead atoms. The van der Waals surface area contributed by atoms with E-state index in [1.54, 1.807) is 0 Å². The van der Waals surface area contributed by atoms with Crippen LogP contribution in [0.1, 0.15) is 25.3 Å². The van der Waals surface area contributed by atoms with Crippen LogP contribution in [0, 0.1) is 0 Å². The van der Waals surface area contributed by atoms with Crippen LogP contribution in [0.15, 0.2) is 24.3 Å². The van der Waals surface area contributed by atoms with E-state index in [0.29, 0.717) is 19.1 Å². The first-order chi connectivity index (χ1) is 8.70. The largest absolute Gasteiger partial charge is 0.334 e. The van der Waals surface area contributed by atoms with Gasteiger partial charge in [-0.05, 0) is 37.1 Å². The summed E-state index contributed by atoms with van der Waals surface area (Å²) in [6.07, 6.45) is 2.26. The average Bonchev–Trinajstić information content (AvgIpc) is 3.19. The van der Waals surface area contributed by atoms with E-state index in [0.717, 1.165) is 30.0 Å². The van der Waals surface area contributed by atoms with Crippen molar-refractivity contribution in [3.8, 4) is 0 Å². The molecular weight excluding hydrogens is 248 g/mol. The number of nitrogens with one attached hydrogen (secondary N) is 1. The standard InChI is InChI=1S/C14H19ClN2O/c1-2-16-9-14(18)17(13-7-8-13)10-11-3-5-12(15)6-4-11/h3-6,13,16H,2,7-10H2,1H3. The summed E-state index contributed by atoms with van der Waals surface area (Å²) in [6.45, 7) is 3.95. The second-order valence-corrected chi connectivity index (χ2v) is 5.10. The first-order valence-electron chi connectivity index (χ1n) is 6.45. The topological polar surface area (TPSA) is 32.3 Å². The van der Waals surface area contributed by atoms with Crippen molar-refractivity contribution >= 4 is 17.5 Å². The van der Waals surface area contributed by atoms with Crippen molar-refractivity contribution in [3.05, 3.63) is 34.9 Å². The predicted octanol–water partition coefficient (Wildman–Crippen LogP) is 2.44. The lowest BCUT2D eigenvalue weighted by atomic mass is 10.2. The summed E-state index contributed by atoms with van der Waals surface area (Å²) in [5, 5.41) is 3.83. The number of likely N-dealkylation sites (N-methyl/N-ethyl adjacent to an activating group) is 1. The minimum absolute atomic E-state index is 0.189. The van der Waals surface area contributed by atoms with Crippen molar-refractivity contribution < 1.29 is 4.79 Å².